The van der Waals surface area contributed by atoms with Gasteiger partial charge in [-0.1, -0.05) is 0 Å². The van der Waals surface area contributed by atoms with E-state index >= 15 is 0 Å². The Hall–Kier alpha value is -2.15. The van der Waals surface area contributed by atoms with Crippen molar-refractivity contribution in [3.63, 3.8) is 0 Å². The van der Waals surface area contributed by atoms with E-state index in [9.17, 15) is 4.79 Å². The van der Waals surface area contributed by atoms with Gasteiger partial charge >= 0.3 is 0 Å². The van der Waals surface area contributed by atoms with Gasteiger partial charge in [-0.15, -0.1) is 0 Å². The monoisotopic (exact) mass is 302 g/mol. The first-order valence-corrected chi connectivity index (χ1v) is 7.51. The standard InChI is InChI=1S/C15H22N6O/c1-11-6-13(19(3)18-11)9-20-8-12-4-5-17-21(12)14(10-20)7-15(22)16-2/h4-6,14H,7-10H2,1-3H3,(H,16,22). The van der Waals surface area contributed by atoms with Gasteiger partial charge in [-0.25, -0.2) is 0 Å². The summed E-state index contributed by atoms with van der Waals surface area (Å²) in [7, 11) is 3.64. The summed E-state index contributed by atoms with van der Waals surface area (Å²) in [4.78, 5) is 14.1. The maximum Gasteiger partial charge on any atom is 0.221 e. The Balaban J connectivity index is 1.77. The lowest BCUT2D eigenvalue weighted by Gasteiger charge is -2.33. The van der Waals surface area contributed by atoms with E-state index in [1.807, 2.05) is 35.6 Å². The van der Waals surface area contributed by atoms with Gasteiger partial charge < -0.3 is 5.32 Å². The molecule has 0 saturated heterocycles. The van der Waals surface area contributed by atoms with Crippen molar-refractivity contribution >= 4 is 5.91 Å². The molecular formula is C15H22N6O. The van der Waals surface area contributed by atoms with E-state index in [0.717, 1.165) is 31.0 Å². The molecule has 7 heteroatoms. The van der Waals surface area contributed by atoms with Crippen LogP contribution in [-0.2, 0) is 24.9 Å². The van der Waals surface area contributed by atoms with Crippen molar-refractivity contribution in [1.82, 2.24) is 29.8 Å². The average Bonchev–Trinajstić information content (AvgIpc) is 3.05. The van der Waals surface area contributed by atoms with Crippen molar-refractivity contribution in [2.45, 2.75) is 32.5 Å². The van der Waals surface area contributed by atoms with Gasteiger partial charge in [-0.3, -0.25) is 19.1 Å². The first kappa shape index (κ1) is 14.8. The quantitative estimate of drug-likeness (QED) is 0.899. The fourth-order valence-corrected chi connectivity index (χ4v) is 3.09. The highest BCUT2D eigenvalue weighted by atomic mass is 16.1. The van der Waals surface area contributed by atoms with E-state index < -0.39 is 0 Å². The zero-order chi connectivity index (χ0) is 15.7. The van der Waals surface area contributed by atoms with E-state index in [1.165, 1.54) is 5.69 Å². The van der Waals surface area contributed by atoms with Crippen LogP contribution < -0.4 is 5.32 Å². The van der Waals surface area contributed by atoms with Crippen LogP contribution in [-0.4, -0.2) is 44.0 Å². The summed E-state index contributed by atoms with van der Waals surface area (Å²) in [5, 5.41) is 11.5. The van der Waals surface area contributed by atoms with Gasteiger partial charge in [-0.05, 0) is 19.1 Å². The fraction of sp³-hybridized carbons (Fsp3) is 0.533. The molecule has 3 heterocycles. The van der Waals surface area contributed by atoms with Crippen molar-refractivity contribution in [2.75, 3.05) is 13.6 Å². The van der Waals surface area contributed by atoms with E-state index in [4.69, 9.17) is 0 Å². The van der Waals surface area contributed by atoms with E-state index in [0.29, 0.717) is 6.42 Å². The molecule has 2 aromatic rings. The Kier molecular flexibility index (Phi) is 3.98. The lowest BCUT2D eigenvalue weighted by molar-refractivity contribution is -0.121. The molecule has 0 fully saturated rings. The molecule has 1 aliphatic heterocycles. The van der Waals surface area contributed by atoms with Crippen LogP contribution in [0.15, 0.2) is 18.3 Å². The van der Waals surface area contributed by atoms with E-state index in [-0.39, 0.29) is 11.9 Å². The molecule has 3 rings (SSSR count). The number of nitrogens with zero attached hydrogens (tertiary/aromatic N) is 5. The number of hydrogen-bond acceptors (Lipinski definition) is 4. The first-order valence-electron chi connectivity index (χ1n) is 7.51. The minimum absolute atomic E-state index is 0.0460. The molecule has 118 valence electrons. The topological polar surface area (TPSA) is 68.0 Å². The van der Waals surface area contributed by atoms with Gasteiger partial charge in [0, 0.05) is 39.9 Å². The molecule has 1 atom stereocenters. The number of carbonyl (C=O) groups is 1. The summed E-state index contributed by atoms with van der Waals surface area (Å²) in [5.41, 5.74) is 3.37. The first-order chi connectivity index (χ1) is 10.6. The SMILES string of the molecule is CNC(=O)CC1CN(Cc2cc(C)nn2C)Cc2ccnn21. The summed E-state index contributed by atoms with van der Waals surface area (Å²) in [6.45, 7) is 4.48. The second kappa shape index (κ2) is 5.92. The predicted octanol–water partition coefficient (Wildman–Crippen LogP) is 0.618. The zero-order valence-electron chi connectivity index (χ0n) is 13.3. The van der Waals surface area contributed by atoms with E-state index in [1.54, 1.807) is 7.05 Å². The number of fused-ring (bicyclic) bond motifs is 1. The molecule has 0 spiro atoms. The minimum atomic E-state index is 0.0460. The van der Waals surface area contributed by atoms with Crippen LogP contribution >= 0.6 is 0 Å². The molecule has 2 aromatic heterocycles. The van der Waals surface area contributed by atoms with Gasteiger partial charge in [0.15, 0.2) is 0 Å². The molecule has 1 aliphatic rings. The van der Waals surface area contributed by atoms with Crippen LogP contribution in [0.4, 0.5) is 0 Å². The van der Waals surface area contributed by atoms with Crippen LogP contribution in [0.2, 0.25) is 0 Å². The molecule has 0 aliphatic carbocycles. The third-order valence-corrected chi connectivity index (χ3v) is 4.14. The molecule has 0 radical (unpaired) electrons. The number of amides is 1. The Labute approximate surface area is 129 Å². The van der Waals surface area contributed by atoms with Gasteiger partial charge in [-0.2, -0.15) is 10.2 Å². The third-order valence-electron chi connectivity index (χ3n) is 4.14. The summed E-state index contributed by atoms with van der Waals surface area (Å²) >= 11 is 0. The highest BCUT2D eigenvalue weighted by Crippen LogP contribution is 2.24. The summed E-state index contributed by atoms with van der Waals surface area (Å²) < 4.78 is 3.91. The van der Waals surface area contributed by atoms with Crippen molar-refractivity contribution in [1.29, 1.82) is 0 Å². The molecule has 0 bridgehead atoms. The van der Waals surface area contributed by atoms with Crippen molar-refractivity contribution in [3.8, 4) is 0 Å². The number of hydrogen-bond donors (Lipinski definition) is 1. The normalized spacial score (nSPS) is 18.2. The average molecular weight is 302 g/mol. The van der Waals surface area contributed by atoms with Crippen LogP contribution in [0.3, 0.4) is 0 Å². The smallest absolute Gasteiger partial charge is 0.221 e. The Morgan fingerprint density at radius 3 is 3.00 bits per heavy atom. The molecule has 22 heavy (non-hydrogen) atoms. The lowest BCUT2D eigenvalue weighted by atomic mass is 10.1. The molecule has 1 unspecified atom stereocenters. The second-order valence-electron chi connectivity index (χ2n) is 5.87. The molecule has 7 nitrogen and oxygen atoms in total. The summed E-state index contributed by atoms with van der Waals surface area (Å²) in [6, 6.07) is 4.21. The molecule has 0 saturated carbocycles. The third kappa shape index (κ3) is 2.89. The van der Waals surface area contributed by atoms with Crippen molar-refractivity contribution < 1.29 is 4.79 Å². The van der Waals surface area contributed by atoms with Crippen LogP contribution in [0.25, 0.3) is 0 Å². The number of rotatable bonds is 4. The predicted molar refractivity (Wildman–Crippen MR) is 82.0 cm³/mol. The highest BCUT2D eigenvalue weighted by molar-refractivity contribution is 5.76. The highest BCUT2D eigenvalue weighted by Gasteiger charge is 2.27. The largest absolute Gasteiger partial charge is 0.359 e. The number of carbonyl (C=O) groups excluding carboxylic acids is 1. The maximum atomic E-state index is 11.7. The minimum Gasteiger partial charge on any atom is -0.359 e. The number of aryl methyl sites for hydroxylation is 2. The summed E-state index contributed by atoms with van der Waals surface area (Å²) in [6.07, 6.45) is 2.26. The van der Waals surface area contributed by atoms with Gasteiger partial charge in [0.2, 0.25) is 5.91 Å². The van der Waals surface area contributed by atoms with Gasteiger partial charge in [0.1, 0.15) is 0 Å². The van der Waals surface area contributed by atoms with Crippen LogP contribution in [0.1, 0.15) is 29.5 Å². The summed E-state index contributed by atoms with van der Waals surface area (Å²) in [5.74, 6) is 0.0460. The Bertz CT molecular complexity index is 673. The Morgan fingerprint density at radius 1 is 1.50 bits per heavy atom. The molecule has 1 amide bonds. The molecule has 0 aromatic carbocycles. The number of nitrogens with one attached hydrogen (secondary N) is 1. The van der Waals surface area contributed by atoms with Gasteiger partial charge in [0.05, 0.1) is 29.5 Å². The molecular weight excluding hydrogens is 280 g/mol. The second-order valence-corrected chi connectivity index (χ2v) is 5.87. The Morgan fingerprint density at radius 2 is 2.32 bits per heavy atom. The maximum absolute atomic E-state index is 11.7. The van der Waals surface area contributed by atoms with Gasteiger partial charge in [0.25, 0.3) is 0 Å². The molecule has 1 N–H and O–H groups in total. The zero-order valence-corrected chi connectivity index (χ0v) is 13.3. The van der Waals surface area contributed by atoms with Crippen LogP contribution in [0.5, 0.6) is 0 Å². The van der Waals surface area contributed by atoms with Crippen molar-refractivity contribution in [2.24, 2.45) is 7.05 Å². The van der Waals surface area contributed by atoms with Crippen LogP contribution in [0, 0.1) is 6.92 Å². The van der Waals surface area contributed by atoms with E-state index in [2.05, 4.69) is 26.5 Å². The fourth-order valence-electron chi connectivity index (χ4n) is 3.09. The lowest BCUT2D eigenvalue weighted by Crippen LogP contribution is -2.39. The number of aromatic nitrogens is 4. The van der Waals surface area contributed by atoms with Crippen molar-refractivity contribution in [3.05, 3.63) is 35.4 Å².